The number of alkyl halides is 1. The predicted molar refractivity (Wildman–Crippen MR) is 71.0 cm³/mol. The Labute approximate surface area is 108 Å². The maximum Gasteiger partial charge on any atom is 0.320 e. The second-order valence-electron chi connectivity index (χ2n) is 3.33. The fourth-order valence-corrected chi connectivity index (χ4v) is 2.69. The van der Waals surface area contributed by atoms with Crippen molar-refractivity contribution in [3.05, 3.63) is 23.8 Å². The number of aryl methyl sites for hydroxylation is 1. The first kappa shape index (κ1) is 13.4. The third-order valence-corrected chi connectivity index (χ3v) is 4.43. The molecule has 0 aliphatic heterocycles. The zero-order valence-electron chi connectivity index (χ0n) is 9.20. The Hall–Kier alpha value is -0.680. The highest BCUT2D eigenvalue weighted by molar-refractivity contribution is 9.10. The molecule has 88 valence electrons. The van der Waals surface area contributed by atoms with Crippen LogP contribution in [0.3, 0.4) is 0 Å². The molecule has 0 spiro atoms. The average molecular weight is 304 g/mol. The summed E-state index contributed by atoms with van der Waals surface area (Å²) in [5.74, 6) is 0.366. The van der Waals surface area contributed by atoms with E-state index in [1.54, 1.807) is 11.8 Å². The van der Waals surface area contributed by atoms with E-state index in [2.05, 4.69) is 20.7 Å². The highest BCUT2D eigenvalue weighted by atomic mass is 79.9. The summed E-state index contributed by atoms with van der Waals surface area (Å²) in [7, 11) is 1.38. The molecule has 0 aromatic heterocycles. The van der Waals surface area contributed by atoms with Gasteiger partial charge in [-0.1, -0.05) is 22.0 Å². The summed E-state index contributed by atoms with van der Waals surface area (Å²) >= 11 is 4.86. The highest BCUT2D eigenvalue weighted by Gasteiger charge is 2.15. The van der Waals surface area contributed by atoms with Crippen LogP contribution in [0.25, 0.3) is 0 Å². The Balaban J connectivity index is 2.60. The van der Waals surface area contributed by atoms with Gasteiger partial charge >= 0.3 is 5.97 Å². The smallest absolute Gasteiger partial charge is 0.320 e. The first-order chi connectivity index (χ1) is 7.54. The number of rotatable bonds is 4. The minimum Gasteiger partial charge on any atom is -0.468 e. The minimum atomic E-state index is -0.289. The molecular formula is C11H14BrNO2S. The highest BCUT2D eigenvalue weighted by Crippen LogP contribution is 2.26. The van der Waals surface area contributed by atoms with Gasteiger partial charge in [0.05, 0.1) is 7.11 Å². The maximum absolute atomic E-state index is 11.2. The molecule has 1 rings (SSSR count). The second kappa shape index (κ2) is 6.15. The SMILES string of the molecule is COC(=O)C(Br)CSc1cc(N)ccc1C. The van der Waals surface area contributed by atoms with Crippen molar-refractivity contribution >= 4 is 39.3 Å². The number of carbonyl (C=O) groups is 1. The Morgan fingerprint density at radius 3 is 2.94 bits per heavy atom. The third-order valence-electron chi connectivity index (χ3n) is 2.05. The van der Waals surface area contributed by atoms with E-state index in [9.17, 15) is 4.79 Å². The van der Waals surface area contributed by atoms with Crippen LogP contribution in [0.4, 0.5) is 5.69 Å². The number of esters is 1. The summed E-state index contributed by atoms with van der Waals surface area (Å²) in [6, 6.07) is 5.75. The molecule has 3 nitrogen and oxygen atoms in total. The quantitative estimate of drug-likeness (QED) is 0.402. The number of hydrogen-bond donors (Lipinski definition) is 1. The fraction of sp³-hybridized carbons (Fsp3) is 0.364. The average Bonchev–Trinajstić information content (AvgIpc) is 2.28. The molecule has 1 unspecified atom stereocenters. The predicted octanol–water partition coefficient (Wildman–Crippen LogP) is 2.61. The normalized spacial score (nSPS) is 12.2. The van der Waals surface area contributed by atoms with Crippen LogP contribution < -0.4 is 5.73 Å². The van der Waals surface area contributed by atoms with Gasteiger partial charge in [-0.3, -0.25) is 4.79 Å². The van der Waals surface area contributed by atoms with Gasteiger partial charge in [0, 0.05) is 16.3 Å². The van der Waals surface area contributed by atoms with Gasteiger partial charge in [-0.05, 0) is 24.6 Å². The van der Waals surface area contributed by atoms with Crippen molar-refractivity contribution in [1.29, 1.82) is 0 Å². The number of nitrogens with two attached hydrogens (primary N) is 1. The number of methoxy groups -OCH3 is 1. The molecule has 0 amide bonds. The molecule has 0 aliphatic rings. The summed E-state index contributed by atoms with van der Waals surface area (Å²) in [5, 5.41) is 0. The zero-order chi connectivity index (χ0) is 12.1. The Morgan fingerprint density at radius 2 is 2.31 bits per heavy atom. The summed E-state index contributed by atoms with van der Waals surface area (Å²) in [5.41, 5.74) is 7.59. The second-order valence-corrected chi connectivity index (χ2v) is 5.49. The standard InChI is InChI=1S/C11H14BrNO2S/c1-7-3-4-8(13)5-10(7)16-6-9(12)11(14)15-2/h3-5,9H,6,13H2,1-2H3. The lowest BCUT2D eigenvalue weighted by Crippen LogP contribution is -2.17. The van der Waals surface area contributed by atoms with Gasteiger partial charge in [0.2, 0.25) is 0 Å². The van der Waals surface area contributed by atoms with Crippen LogP contribution >= 0.6 is 27.7 Å². The minimum absolute atomic E-state index is 0.256. The number of benzene rings is 1. The van der Waals surface area contributed by atoms with Crippen LogP contribution in [0.2, 0.25) is 0 Å². The van der Waals surface area contributed by atoms with E-state index in [0.29, 0.717) is 5.75 Å². The van der Waals surface area contributed by atoms with E-state index in [4.69, 9.17) is 5.73 Å². The van der Waals surface area contributed by atoms with Gasteiger partial charge in [0.1, 0.15) is 4.83 Å². The molecule has 0 fully saturated rings. The van der Waals surface area contributed by atoms with Gasteiger partial charge in [0.25, 0.3) is 0 Å². The number of thioether (sulfide) groups is 1. The molecule has 2 N–H and O–H groups in total. The molecule has 1 aromatic rings. The monoisotopic (exact) mass is 303 g/mol. The number of carbonyl (C=O) groups excluding carboxylic acids is 1. The first-order valence-corrected chi connectivity index (χ1v) is 6.65. The van der Waals surface area contributed by atoms with Gasteiger partial charge in [0.15, 0.2) is 0 Å². The van der Waals surface area contributed by atoms with E-state index >= 15 is 0 Å². The van der Waals surface area contributed by atoms with Crippen molar-refractivity contribution in [2.75, 3.05) is 18.6 Å². The molecule has 1 aromatic carbocycles. The van der Waals surface area contributed by atoms with Crippen LogP contribution in [-0.2, 0) is 9.53 Å². The van der Waals surface area contributed by atoms with Crippen molar-refractivity contribution in [3.63, 3.8) is 0 Å². The summed E-state index contributed by atoms with van der Waals surface area (Å²) in [4.78, 5) is 12.0. The van der Waals surface area contributed by atoms with Gasteiger partial charge in [-0.15, -0.1) is 11.8 Å². The third kappa shape index (κ3) is 3.72. The molecule has 0 saturated heterocycles. The van der Waals surface area contributed by atoms with Crippen molar-refractivity contribution in [3.8, 4) is 0 Å². The van der Waals surface area contributed by atoms with Crippen molar-refractivity contribution in [2.24, 2.45) is 0 Å². The van der Waals surface area contributed by atoms with E-state index < -0.39 is 0 Å². The fourth-order valence-electron chi connectivity index (χ4n) is 1.13. The van der Waals surface area contributed by atoms with Crippen LogP contribution in [0.15, 0.2) is 23.1 Å². The van der Waals surface area contributed by atoms with Crippen molar-refractivity contribution < 1.29 is 9.53 Å². The lowest BCUT2D eigenvalue weighted by Gasteiger charge is -2.09. The molecule has 0 aliphatic carbocycles. The van der Waals surface area contributed by atoms with Gasteiger partial charge in [-0.25, -0.2) is 0 Å². The first-order valence-electron chi connectivity index (χ1n) is 4.75. The van der Waals surface area contributed by atoms with Crippen LogP contribution in [-0.4, -0.2) is 23.7 Å². The van der Waals surface area contributed by atoms with Gasteiger partial charge in [-0.2, -0.15) is 0 Å². The van der Waals surface area contributed by atoms with E-state index in [0.717, 1.165) is 16.1 Å². The van der Waals surface area contributed by atoms with Crippen LogP contribution in [0.5, 0.6) is 0 Å². The number of anilines is 1. The number of nitrogen functional groups attached to an aromatic ring is 1. The number of hydrogen-bond acceptors (Lipinski definition) is 4. The molecule has 0 saturated carbocycles. The lowest BCUT2D eigenvalue weighted by atomic mass is 10.2. The van der Waals surface area contributed by atoms with E-state index in [1.165, 1.54) is 7.11 Å². The molecule has 5 heteroatoms. The van der Waals surface area contributed by atoms with Crippen molar-refractivity contribution in [1.82, 2.24) is 0 Å². The molecular weight excluding hydrogens is 290 g/mol. The number of halogens is 1. The zero-order valence-corrected chi connectivity index (χ0v) is 11.6. The molecule has 16 heavy (non-hydrogen) atoms. The van der Waals surface area contributed by atoms with Crippen LogP contribution in [0.1, 0.15) is 5.56 Å². The summed E-state index contributed by atoms with van der Waals surface area (Å²) in [6.45, 7) is 2.02. The van der Waals surface area contributed by atoms with E-state index in [-0.39, 0.29) is 10.8 Å². The van der Waals surface area contributed by atoms with E-state index in [1.807, 2.05) is 25.1 Å². The molecule has 0 radical (unpaired) electrons. The summed E-state index contributed by atoms with van der Waals surface area (Å²) in [6.07, 6.45) is 0. The van der Waals surface area contributed by atoms with Crippen molar-refractivity contribution in [2.45, 2.75) is 16.6 Å². The maximum atomic E-state index is 11.2. The topological polar surface area (TPSA) is 52.3 Å². The largest absolute Gasteiger partial charge is 0.468 e. The Morgan fingerprint density at radius 1 is 1.62 bits per heavy atom. The number of ether oxygens (including phenoxy) is 1. The lowest BCUT2D eigenvalue weighted by molar-refractivity contribution is -0.139. The Kier molecular flexibility index (Phi) is 5.15. The van der Waals surface area contributed by atoms with Gasteiger partial charge < -0.3 is 10.5 Å². The molecule has 1 atom stereocenters. The molecule has 0 bridgehead atoms. The van der Waals surface area contributed by atoms with Crippen LogP contribution in [0, 0.1) is 6.92 Å². The summed E-state index contributed by atoms with van der Waals surface area (Å²) < 4.78 is 4.63. The Bertz CT molecular complexity index is 384. The molecule has 0 heterocycles.